The minimum atomic E-state index is -0.783. The van der Waals surface area contributed by atoms with E-state index in [9.17, 15) is 14.0 Å². The summed E-state index contributed by atoms with van der Waals surface area (Å²) in [6.07, 6.45) is 2.85. The van der Waals surface area contributed by atoms with E-state index < -0.39 is 5.97 Å². The summed E-state index contributed by atoms with van der Waals surface area (Å²) >= 11 is 1.34. The van der Waals surface area contributed by atoms with Crippen LogP contribution in [0.5, 0.6) is 0 Å². The maximum atomic E-state index is 12.8. The Balaban J connectivity index is 1.76. The van der Waals surface area contributed by atoms with Gasteiger partial charge in [-0.3, -0.25) is 9.59 Å². The summed E-state index contributed by atoms with van der Waals surface area (Å²) in [6, 6.07) is 5.93. The van der Waals surface area contributed by atoms with Gasteiger partial charge in [-0.15, -0.1) is 11.8 Å². The molecule has 2 atom stereocenters. The third-order valence-electron chi connectivity index (χ3n) is 3.57. The van der Waals surface area contributed by atoms with E-state index in [1.807, 2.05) is 0 Å². The first kappa shape index (κ1) is 15.8. The molecule has 0 aromatic heterocycles. The Bertz CT molecular complexity index is 506. The summed E-state index contributed by atoms with van der Waals surface area (Å²) in [4.78, 5) is 23.7. The molecule has 0 heterocycles. The van der Waals surface area contributed by atoms with Gasteiger partial charge in [0.25, 0.3) is 0 Å². The maximum absolute atomic E-state index is 12.8. The number of halogens is 1. The molecule has 2 rings (SSSR count). The molecule has 1 aliphatic carbocycles. The number of carbonyl (C=O) groups is 2. The predicted octanol–water partition coefficient (Wildman–Crippen LogP) is 2.68. The Morgan fingerprint density at radius 1 is 1.29 bits per heavy atom. The second-order valence-electron chi connectivity index (χ2n) is 5.21. The average molecular weight is 311 g/mol. The number of hydrogen-bond donors (Lipinski definition) is 2. The van der Waals surface area contributed by atoms with Crippen molar-refractivity contribution in [3.8, 4) is 0 Å². The van der Waals surface area contributed by atoms with Gasteiger partial charge in [0.15, 0.2) is 0 Å². The van der Waals surface area contributed by atoms with E-state index in [0.717, 1.165) is 17.7 Å². The minimum Gasteiger partial charge on any atom is -0.481 e. The summed E-state index contributed by atoms with van der Waals surface area (Å²) < 4.78 is 12.8. The molecule has 21 heavy (non-hydrogen) atoms. The highest BCUT2D eigenvalue weighted by atomic mass is 32.2. The highest BCUT2D eigenvalue weighted by Gasteiger charge is 2.27. The summed E-state index contributed by atoms with van der Waals surface area (Å²) in [5.74, 6) is -1.30. The zero-order chi connectivity index (χ0) is 15.2. The molecule has 0 bridgehead atoms. The van der Waals surface area contributed by atoms with Crippen LogP contribution >= 0.6 is 11.8 Å². The van der Waals surface area contributed by atoms with E-state index in [4.69, 9.17) is 5.11 Å². The van der Waals surface area contributed by atoms with Gasteiger partial charge in [-0.05, 0) is 43.5 Å². The molecule has 0 radical (unpaired) electrons. The molecule has 0 aliphatic heterocycles. The van der Waals surface area contributed by atoms with Crippen LogP contribution in [0.2, 0.25) is 0 Å². The van der Waals surface area contributed by atoms with Crippen LogP contribution in [0.3, 0.4) is 0 Å². The lowest BCUT2D eigenvalue weighted by atomic mass is 9.86. The topological polar surface area (TPSA) is 66.4 Å². The van der Waals surface area contributed by atoms with Crippen molar-refractivity contribution in [1.29, 1.82) is 0 Å². The van der Waals surface area contributed by atoms with Crippen LogP contribution in [0.1, 0.15) is 25.7 Å². The first-order valence-electron chi connectivity index (χ1n) is 6.95. The fourth-order valence-corrected chi connectivity index (χ4v) is 3.20. The number of thioether (sulfide) groups is 1. The molecule has 2 unspecified atom stereocenters. The standard InChI is InChI=1S/C15H18FNO3S/c16-11-4-6-13(7-5-11)21-9-14(18)17-12-3-1-2-10(8-12)15(19)20/h4-7,10,12H,1-3,8-9H2,(H,17,18)(H,19,20). The van der Waals surface area contributed by atoms with Gasteiger partial charge in [0, 0.05) is 10.9 Å². The zero-order valence-corrected chi connectivity index (χ0v) is 12.4. The number of carbonyl (C=O) groups excluding carboxylic acids is 1. The van der Waals surface area contributed by atoms with Crippen molar-refractivity contribution in [2.45, 2.75) is 36.6 Å². The summed E-state index contributed by atoms with van der Waals surface area (Å²) in [6.45, 7) is 0. The Hall–Kier alpha value is -1.56. The Morgan fingerprint density at radius 3 is 2.67 bits per heavy atom. The van der Waals surface area contributed by atoms with Crippen LogP contribution in [0.4, 0.5) is 4.39 Å². The third-order valence-corrected chi connectivity index (χ3v) is 4.58. The van der Waals surface area contributed by atoms with Crippen LogP contribution in [0, 0.1) is 11.7 Å². The van der Waals surface area contributed by atoms with Crippen LogP contribution in [0.25, 0.3) is 0 Å². The number of benzene rings is 1. The summed E-state index contributed by atoms with van der Waals surface area (Å²) in [5, 5.41) is 11.9. The molecule has 1 amide bonds. The van der Waals surface area contributed by atoms with Gasteiger partial charge in [-0.25, -0.2) is 4.39 Å². The van der Waals surface area contributed by atoms with Crippen LogP contribution in [0.15, 0.2) is 29.2 Å². The lowest BCUT2D eigenvalue weighted by Crippen LogP contribution is -2.40. The van der Waals surface area contributed by atoms with Gasteiger partial charge in [0.1, 0.15) is 5.82 Å². The second-order valence-corrected chi connectivity index (χ2v) is 6.26. The molecule has 6 heteroatoms. The number of nitrogens with one attached hydrogen (secondary N) is 1. The highest BCUT2D eigenvalue weighted by molar-refractivity contribution is 8.00. The molecule has 4 nitrogen and oxygen atoms in total. The fourth-order valence-electron chi connectivity index (χ4n) is 2.49. The van der Waals surface area contributed by atoms with Crippen molar-refractivity contribution in [2.24, 2.45) is 5.92 Å². The molecular formula is C15H18FNO3S. The van der Waals surface area contributed by atoms with Gasteiger partial charge < -0.3 is 10.4 Å². The van der Waals surface area contributed by atoms with Crippen molar-refractivity contribution in [1.82, 2.24) is 5.32 Å². The van der Waals surface area contributed by atoms with E-state index in [1.165, 1.54) is 23.9 Å². The predicted molar refractivity (Wildman–Crippen MR) is 78.6 cm³/mol. The van der Waals surface area contributed by atoms with Crippen LogP contribution in [-0.4, -0.2) is 28.8 Å². The molecule has 1 aromatic carbocycles. The number of carboxylic acids is 1. The summed E-state index contributed by atoms with van der Waals surface area (Å²) in [7, 11) is 0. The van der Waals surface area contributed by atoms with Gasteiger partial charge in [-0.2, -0.15) is 0 Å². The van der Waals surface area contributed by atoms with Crippen molar-refractivity contribution in [2.75, 3.05) is 5.75 Å². The molecular weight excluding hydrogens is 293 g/mol. The number of aliphatic carboxylic acids is 1. The molecule has 0 spiro atoms. The monoisotopic (exact) mass is 311 g/mol. The second kappa shape index (κ2) is 7.45. The summed E-state index contributed by atoms with van der Waals surface area (Å²) in [5.41, 5.74) is 0. The van der Waals surface area contributed by atoms with Crippen molar-refractivity contribution in [3.63, 3.8) is 0 Å². The Morgan fingerprint density at radius 2 is 2.00 bits per heavy atom. The normalized spacial score (nSPS) is 21.8. The molecule has 114 valence electrons. The van der Waals surface area contributed by atoms with Crippen LogP contribution in [-0.2, 0) is 9.59 Å². The van der Waals surface area contributed by atoms with Crippen molar-refractivity contribution < 1.29 is 19.1 Å². The SMILES string of the molecule is O=C(CSc1ccc(F)cc1)NC1CCCC(C(=O)O)C1. The third kappa shape index (κ3) is 5.04. The van der Waals surface area contributed by atoms with E-state index in [-0.39, 0.29) is 29.4 Å². The minimum absolute atomic E-state index is 0.0545. The van der Waals surface area contributed by atoms with E-state index in [1.54, 1.807) is 12.1 Å². The average Bonchev–Trinajstić information content (AvgIpc) is 2.47. The molecule has 1 aliphatic rings. The molecule has 2 N–H and O–H groups in total. The molecule has 1 aromatic rings. The van der Waals surface area contributed by atoms with Crippen molar-refractivity contribution >= 4 is 23.6 Å². The quantitative estimate of drug-likeness (QED) is 0.821. The fraction of sp³-hybridized carbons (Fsp3) is 0.467. The molecule has 1 fully saturated rings. The molecule has 1 saturated carbocycles. The highest BCUT2D eigenvalue weighted by Crippen LogP contribution is 2.25. The van der Waals surface area contributed by atoms with Gasteiger partial charge >= 0.3 is 5.97 Å². The first-order valence-corrected chi connectivity index (χ1v) is 7.93. The lowest BCUT2D eigenvalue weighted by Gasteiger charge is -2.27. The van der Waals surface area contributed by atoms with Gasteiger partial charge in [0.05, 0.1) is 11.7 Å². The number of hydrogen-bond acceptors (Lipinski definition) is 3. The number of amides is 1. The zero-order valence-electron chi connectivity index (χ0n) is 11.5. The lowest BCUT2D eigenvalue weighted by molar-refractivity contribution is -0.143. The van der Waals surface area contributed by atoms with E-state index in [0.29, 0.717) is 12.8 Å². The number of rotatable bonds is 5. The largest absolute Gasteiger partial charge is 0.481 e. The molecule has 0 saturated heterocycles. The van der Waals surface area contributed by atoms with E-state index >= 15 is 0 Å². The Labute approximate surface area is 127 Å². The maximum Gasteiger partial charge on any atom is 0.306 e. The smallest absolute Gasteiger partial charge is 0.306 e. The van der Waals surface area contributed by atoms with Gasteiger partial charge in [0.2, 0.25) is 5.91 Å². The van der Waals surface area contributed by atoms with Crippen molar-refractivity contribution in [3.05, 3.63) is 30.1 Å². The number of carboxylic acid groups (broad SMARTS) is 1. The first-order chi connectivity index (χ1) is 10.0. The van der Waals surface area contributed by atoms with Crippen LogP contribution < -0.4 is 5.32 Å². The van der Waals surface area contributed by atoms with Gasteiger partial charge in [-0.1, -0.05) is 6.42 Å². The Kier molecular flexibility index (Phi) is 5.61. The van der Waals surface area contributed by atoms with E-state index in [2.05, 4.69) is 5.32 Å².